The monoisotopic (exact) mass is 381 g/mol. The van der Waals surface area contributed by atoms with Gasteiger partial charge in [0.15, 0.2) is 0 Å². The number of nitrogens with one attached hydrogen (secondary N) is 2. The minimum atomic E-state index is 0. The van der Waals surface area contributed by atoms with Gasteiger partial charge in [0.2, 0.25) is 5.91 Å². The Balaban J connectivity index is 0.00000242. The summed E-state index contributed by atoms with van der Waals surface area (Å²) in [4.78, 5) is 16.8. The maximum absolute atomic E-state index is 12.3. The molecule has 134 valence electrons. The number of aromatic nitrogens is 1. The van der Waals surface area contributed by atoms with Crippen molar-refractivity contribution in [2.45, 2.75) is 52.5 Å². The number of thiazole rings is 1. The zero-order valence-corrected chi connectivity index (χ0v) is 16.6. The van der Waals surface area contributed by atoms with Gasteiger partial charge in [0, 0.05) is 17.5 Å². The third-order valence-electron chi connectivity index (χ3n) is 4.33. The van der Waals surface area contributed by atoms with Gasteiger partial charge in [0.1, 0.15) is 5.01 Å². The van der Waals surface area contributed by atoms with Crippen LogP contribution in [0.1, 0.15) is 56.3 Å². The van der Waals surface area contributed by atoms with Crippen molar-refractivity contribution in [3.8, 4) is 0 Å². The van der Waals surface area contributed by atoms with Crippen LogP contribution in [-0.2, 0) is 4.79 Å². The topological polar surface area (TPSA) is 54.0 Å². The maximum atomic E-state index is 12.3. The van der Waals surface area contributed by atoms with Crippen molar-refractivity contribution in [3.05, 3.63) is 16.1 Å². The van der Waals surface area contributed by atoms with Crippen LogP contribution in [0.5, 0.6) is 0 Å². The van der Waals surface area contributed by atoms with Gasteiger partial charge < -0.3 is 10.6 Å². The Labute approximate surface area is 156 Å². The Bertz CT molecular complexity index is 464. The highest BCUT2D eigenvalue weighted by molar-refractivity contribution is 7.09. The summed E-state index contributed by atoms with van der Waals surface area (Å²) in [7, 11) is 0. The fraction of sp³-hybridized carbons (Fsp3) is 0.750. The van der Waals surface area contributed by atoms with Crippen LogP contribution in [0, 0.1) is 18.8 Å². The molecule has 0 saturated carbocycles. The Morgan fingerprint density at radius 1 is 1.52 bits per heavy atom. The second-order valence-corrected chi connectivity index (χ2v) is 7.03. The molecule has 1 amide bonds. The first-order chi connectivity index (χ1) is 10.1. The molecular weight excluding hydrogens is 353 g/mol. The van der Waals surface area contributed by atoms with E-state index in [1.165, 1.54) is 12.8 Å². The van der Waals surface area contributed by atoms with E-state index < -0.39 is 0 Å². The first kappa shape index (κ1) is 22.6. The summed E-state index contributed by atoms with van der Waals surface area (Å²) in [6.07, 6.45) is 3.97. The molecule has 2 N–H and O–H groups in total. The molecule has 1 aromatic heterocycles. The fourth-order valence-corrected chi connectivity index (χ4v) is 3.88. The van der Waals surface area contributed by atoms with Crippen molar-refractivity contribution in [3.63, 3.8) is 0 Å². The lowest BCUT2D eigenvalue weighted by Crippen LogP contribution is -2.36. The highest BCUT2D eigenvalue weighted by Gasteiger charge is 2.23. The summed E-state index contributed by atoms with van der Waals surface area (Å²) in [5, 5.41) is 9.65. The van der Waals surface area contributed by atoms with Crippen molar-refractivity contribution in [2.75, 3.05) is 13.1 Å². The van der Waals surface area contributed by atoms with Gasteiger partial charge >= 0.3 is 0 Å². The number of piperidine rings is 1. The average molecular weight is 382 g/mol. The molecule has 1 fully saturated rings. The van der Waals surface area contributed by atoms with E-state index in [9.17, 15) is 4.79 Å². The van der Waals surface area contributed by atoms with Gasteiger partial charge in [0.05, 0.1) is 6.04 Å². The SMILES string of the molecule is CCC(NC(=O)CC(C)C1CCCNC1)c1nc(C)cs1.Cl.Cl. The molecule has 2 rings (SSSR count). The molecular formula is C16H29Cl2N3OS. The molecule has 7 heteroatoms. The van der Waals surface area contributed by atoms with Crippen LogP contribution in [0.2, 0.25) is 0 Å². The Hall–Kier alpha value is -0.360. The van der Waals surface area contributed by atoms with Gasteiger partial charge in [0.25, 0.3) is 0 Å². The second-order valence-electron chi connectivity index (χ2n) is 6.14. The highest BCUT2D eigenvalue weighted by atomic mass is 35.5. The second kappa shape index (κ2) is 11.2. The lowest BCUT2D eigenvalue weighted by atomic mass is 9.85. The van der Waals surface area contributed by atoms with E-state index in [4.69, 9.17) is 0 Å². The van der Waals surface area contributed by atoms with Crippen LogP contribution in [0.3, 0.4) is 0 Å². The molecule has 0 bridgehead atoms. The van der Waals surface area contributed by atoms with Crippen LogP contribution in [0.25, 0.3) is 0 Å². The summed E-state index contributed by atoms with van der Waals surface area (Å²) in [5.74, 6) is 1.23. The van der Waals surface area contributed by atoms with E-state index in [-0.39, 0.29) is 36.8 Å². The maximum Gasteiger partial charge on any atom is 0.220 e. The molecule has 1 aliphatic rings. The molecule has 1 aromatic rings. The third kappa shape index (κ3) is 6.96. The quantitative estimate of drug-likeness (QED) is 0.785. The van der Waals surface area contributed by atoms with Crippen molar-refractivity contribution in [1.82, 2.24) is 15.6 Å². The molecule has 3 atom stereocenters. The van der Waals surface area contributed by atoms with Crippen LogP contribution in [-0.4, -0.2) is 24.0 Å². The van der Waals surface area contributed by atoms with Crippen molar-refractivity contribution < 1.29 is 4.79 Å². The number of hydrogen-bond acceptors (Lipinski definition) is 4. The minimum Gasteiger partial charge on any atom is -0.347 e. The van der Waals surface area contributed by atoms with Gasteiger partial charge in [-0.1, -0.05) is 13.8 Å². The number of nitrogens with zero attached hydrogens (tertiary/aromatic N) is 1. The number of aryl methyl sites for hydroxylation is 1. The first-order valence-corrected chi connectivity index (χ1v) is 8.90. The van der Waals surface area contributed by atoms with E-state index >= 15 is 0 Å². The number of halogens is 2. The number of hydrogen-bond donors (Lipinski definition) is 2. The molecule has 0 aliphatic carbocycles. The average Bonchev–Trinajstić information content (AvgIpc) is 2.92. The zero-order chi connectivity index (χ0) is 15.2. The summed E-state index contributed by atoms with van der Waals surface area (Å²) < 4.78 is 0. The van der Waals surface area contributed by atoms with Crippen LogP contribution in [0.4, 0.5) is 0 Å². The highest BCUT2D eigenvalue weighted by Crippen LogP contribution is 2.24. The van der Waals surface area contributed by atoms with Crippen molar-refractivity contribution in [2.24, 2.45) is 11.8 Å². The van der Waals surface area contributed by atoms with Crippen LogP contribution in [0.15, 0.2) is 5.38 Å². The molecule has 0 aromatic carbocycles. The molecule has 3 unspecified atom stereocenters. The zero-order valence-electron chi connectivity index (χ0n) is 14.1. The van der Waals surface area contributed by atoms with Crippen molar-refractivity contribution >= 4 is 42.1 Å². The molecule has 0 radical (unpaired) electrons. The lowest BCUT2D eigenvalue weighted by Gasteiger charge is -2.28. The predicted octanol–water partition coefficient (Wildman–Crippen LogP) is 3.89. The first-order valence-electron chi connectivity index (χ1n) is 8.02. The van der Waals surface area contributed by atoms with Gasteiger partial charge in [-0.05, 0) is 51.1 Å². The summed E-state index contributed by atoms with van der Waals surface area (Å²) in [5.41, 5.74) is 1.03. The normalized spacial score (nSPS) is 19.9. The van der Waals surface area contributed by atoms with E-state index in [2.05, 4.69) is 29.5 Å². The number of carbonyl (C=O) groups is 1. The van der Waals surface area contributed by atoms with Gasteiger partial charge in [-0.25, -0.2) is 4.98 Å². The summed E-state index contributed by atoms with van der Waals surface area (Å²) in [6, 6.07) is 0.0629. The van der Waals surface area contributed by atoms with Crippen LogP contribution < -0.4 is 10.6 Å². The van der Waals surface area contributed by atoms with Crippen molar-refractivity contribution in [1.29, 1.82) is 0 Å². The summed E-state index contributed by atoms with van der Waals surface area (Å²) in [6.45, 7) is 8.46. The van der Waals surface area contributed by atoms with Crippen LogP contribution >= 0.6 is 36.2 Å². The van der Waals surface area contributed by atoms with E-state index in [0.717, 1.165) is 30.2 Å². The van der Waals surface area contributed by atoms with E-state index in [1.807, 2.05) is 12.3 Å². The van der Waals surface area contributed by atoms with Gasteiger partial charge in [-0.2, -0.15) is 0 Å². The minimum absolute atomic E-state index is 0. The Morgan fingerprint density at radius 2 is 2.26 bits per heavy atom. The predicted molar refractivity (Wildman–Crippen MR) is 102 cm³/mol. The Morgan fingerprint density at radius 3 is 2.78 bits per heavy atom. The van der Waals surface area contributed by atoms with Gasteiger partial charge in [-0.15, -0.1) is 36.2 Å². The molecule has 0 spiro atoms. The molecule has 23 heavy (non-hydrogen) atoms. The number of amides is 1. The Kier molecular flexibility index (Phi) is 11.1. The molecule has 2 heterocycles. The molecule has 4 nitrogen and oxygen atoms in total. The standard InChI is InChI=1S/C16H27N3OS.2ClH/c1-4-14(16-18-12(3)10-21-16)19-15(20)8-11(2)13-6-5-7-17-9-13;;/h10-11,13-14,17H,4-9H2,1-3H3,(H,19,20);2*1H. The number of carbonyl (C=O) groups excluding carboxylic acids is 1. The smallest absolute Gasteiger partial charge is 0.220 e. The van der Waals surface area contributed by atoms with E-state index in [0.29, 0.717) is 18.3 Å². The summed E-state index contributed by atoms with van der Waals surface area (Å²) >= 11 is 1.64. The third-order valence-corrected chi connectivity index (χ3v) is 5.40. The van der Waals surface area contributed by atoms with E-state index in [1.54, 1.807) is 11.3 Å². The molecule has 1 saturated heterocycles. The number of rotatable bonds is 6. The largest absolute Gasteiger partial charge is 0.347 e. The molecule has 1 aliphatic heterocycles. The fourth-order valence-electron chi connectivity index (χ4n) is 2.95. The lowest BCUT2D eigenvalue weighted by molar-refractivity contribution is -0.123. The van der Waals surface area contributed by atoms with Gasteiger partial charge in [-0.3, -0.25) is 4.79 Å².